The maximum Gasteiger partial charge on any atom is 0.311 e. The van der Waals surface area contributed by atoms with Gasteiger partial charge in [-0.3, -0.25) is 14.2 Å². The van der Waals surface area contributed by atoms with Crippen molar-refractivity contribution in [1.29, 1.82) is 0 Å². The molecule has 0 aliphatic heterocycles. The maximum atomic E-state index is 12.4. The highest BCUT2D eigenvalue weighted by Gasteiger charge is 2.31. The van der Waals surface area contributed by atoms with Gasteiger partial charge in [-0.2, -0.15) is 0 Å². The first-order chi connectivity index (χ1) is 9.13. The van der Waals surface area contributed by atoms with Gasteiger partial charge in [-0.15, -0.1) is 11.3 Å². The van der Waals surface area contributed by atoms with Crippen LogP contribution in [0.3, 0.4) is 0 Å². The van der Waals surface area contributed by atoms with Crippen molar-refractivity contribution in [2.45, 2.75) is 38.6 Å². The Bertz CT molecular complexity index is 716. The lowest BCUT2D eigenvalue weighted by Crippen LogP contribution is -2.23. The van der Waals surface area contributed by atoms with Crippen LogP contribution in [0.15, 0.2) is 11.1 Å². The molecule has 100 valence electrons. The number of thiophene rings is 1. The highest BCUT2D eigenvalue weighted by molar-refractivity contribution is 7.18. The van der Waals surface area contributed by atoms with Crippen LogP contribution < -0.4 is 5.56 Å². The smallest absolute Gasteiger partial charge is 0.311 e. The number of fused-ring (bicyclic) bond motifs is 3. The first-order valence-corrected chi connectivity index (χ1v) is 7.18. The summed E-state index contributed by atoms with van der Waals surface area (Å²) in [5.74, 6) is -1.40. The Balaban J connectivity index is 2.36. The summed E-state index contributed by atoms with van der Waals surface area (Å²) in [6.45, 7) is 2.42. The quantitative estimate of drug-likeness (QED) is 0.911. The van der Waals surface area contributed by atoms with Crippen molar-refractivity contribution in [1.82, 2.24) is 9.55 Å². The van der Waals surface area contributed by atoms with Crippen LogP contribution in [-0.2, 0) is 17.8 Å². The summed E-state index contributed by atoms with van der Waals surface area (Å²) in [5.41, 5.74) is 0.609. The van der Waals surface area contributed by atoms with Crippen LogP contribution in [0.5, 0.6) is 0 Å². The number of aryl methyl sites for hydroxylation is 2. The molecule has 1 aliphatic rings. The molecule has 2 aromatic heterocycles. The van der Waals surface area contributed by atoms with E-state index in [0.29, 0.717) is 23.2 Å². The van der Waals surface area contributed by atoms with Gasteiger partial charge in [0.15, 0.2) is 0 Å². The van der Waals surface area contributed by atoms with Gasteiger partial charge in [0.25, 0.3) is 5.56 Å². The molecule has 2 heterocycles. The Kier molecular flexibility index (Phi) is 2.89. The second-order valence-corrected chi connectivity index (χ2v) is 5.82. The fourth-order valence-electron chi connectivity index (χ4n) is 2.73. The molecule has 3 rings (SSSR count). The summed E-state index contributed by atoms with van der Waals surface area (Å²) in [4.78, 5) is 29.8. The number of aromatic nitrogens is 2. The molecule has 1 aliphatic carbocycles. The van der Waals surface area contributed by atoms with Crippen molar-refractivity contribution in [3.63, 3.8) is 0 Å². The average Bonchev–Trinajstić information content (AvgIpc) is 2.77. The number of carboxylic acid groups (broad SMARTS) is 1. The zero-order valence-electron chi connectivity index (χ0n) is 10.5. The molecule has 2 aromatic rings. The minimum atomic E-state index is -0.841. The molecule has 0 radical (unpaired) electrons. The Morgan fingerprint density at radius 1 is 1.63 bits per heavy atom. The normalized spacial score (nSPS) is 18.5. The van der Waals surface area contributed by atoms with Gasteiger partial charge in [0.05, 0.1) is 17.6 Å². The van der Waals surface area contributed by atoms with E-state index in [0.717, 1.165) is 23.3 Å². The van der Waals surface area contributed by atoms with Gasteiger partial charge in [0, 0.05) is 11.4 Å². The lowest BCUT2D eigenvalue weighted by atomic mass is 9.86. The van der Waals surface area contributed by atoms with E-state index in [1.165, 1.54) is 15.9 Å². The number of rotatable bonds is 2. The fourth-order valence-corrected chi connectivity index (χ4v) is 3.96. The van der Waals surface area contributed by atoms with Crippen LogP contribution in [0.25, 0.3) is 10.2 Å². The van der Waals surface area contributed by atoms with E-state index >= 15 is 0 Å². The lowest BCUT2D eigenvalue weighted by molar-refractivity contribution is -0.139. The number of carboxylic acids is 1. The molecule has 6 heteroatoms. The van der Waals surface area contributed by atoms with Crippen molar-refractivity contribution < 1.29 is 9.90 Å². The van der Waals surface area contributed by atoms with Gasteiger partial charge < -0.3 is 5.11 Å². The van der Waals surface area contributed by atoms with Crippen molar-refractivity contribution in [3.8, 4) is 0 Å². The van der Waals surface area contributed by atoms with Crippen molar-refractivity contribution in [2.24, 2.45) is 0 Å². The third-order valence-electron chi connectivity index (χ3n) is 3.68. The summed E-state index contributed by atoms with van der Waals surface area (Å²) < 4.78 is 1.53. The van der Waals surface area contributed by atoms with Crippen LogP contribution in [-0.4, -0.2) is 20.6 Å². The minimum absolute atomic E-state index is 0.113. The first-order valence-electron chi connectivity index (χ1n) is 6.37. The molecule has 0 saturated heterocycles. The second kappa shape index (κ2) is 4.45. The predicted octanol–water partition coefficient (Wildman–Crippen LogP) is 1.98. The van der Waals surface area contributed by atoms with Gasteiger partial charge in [-0.25, -0.2) is 4.98 Å². The SMILES string of the molecule is CCn1cnc2sc3c(c2c1=O)C(C(=O)O)CCC3. The molecule has 1 unspecified atom stereocenters. The zero-order chi connectivity index (χ0) is 13.6. The molecular formula is C13H14N2O3S. The number of hydrogen-bond donors (Lipinski definition) is 1. The fraction of sp³-hybridized carbons (Fsp3) is 0.462. The van der Waals surface area contributed by atoms with Crippen molar-refractivity contribution in [2.75, 3.05) is 0 Å². The summed E-state index contributed by atoms with van der Waals surface area (Å²) in [6.07, 6.45) is 3.86. The van der Waals surface area contributed by atoms with E-state index in [4.69, 9.17) is 0 Å². The Hall–Kier alpha value is -1.69. The van der Waals surface area contributed by atoms with Crippen LogP contribution in [0.1, 0.15) is 36.1 Å². The summed E-state index contributed by atoms with van der Waals surface area (Å²) in [6, 6.07) is 0. The Morgan fingerprint density at radius 3 is 3.11 bits per heavy atom. The van der Waals surface area contributed by atoms with E-state index in [1.54, 1.807) is 6.33 Å². The Morgan fingerprint density at radius 2 is 2.42 bits per heavy atom. The third-order valence-corrected chi connectivity index (χ3v) is 4.85. The Labute approximate surface area is 113 Å². The molecular weight excluding hydrogens is 264 g/mol. The van der Waals surface area contributed by atoms with Crippen molar-refractivity contribution in [3.05, 3.63) is 27.1 Å². The minimum Gasteiger partial charge on any atom is -0.481 e. The first kappa shape index (κ1) is 12.3. The lowest BCUT2D eigenvalue weighted by Gasteiger charge is -2.18. The highest BCUT2D eigenvalue weighted by Crippen LogP contribution is 2.40. The van der Waals surface area contributed by atoms with E-state index < -0.39 is 11.9 Å². The van der Waals surface area contributed by atoms with Crippen LogP contribution >= 0.6 is 11.3 Å². The second-order valence-electron chi connectivity index (χ2n) is 4.74. The average molecular weight is 278 g/mol. The number of aliphatic carboxylic acids is 1. The van der Waals surface area contributed by atoms with E-state index in [-0.39, 0.29) is 5.56 Å². The van der Waals surface area contributed by atoms with E-state index in [9.17, 15) is 14.7 Å². The molecule has 0 aromatic carbocycles. The molecule has 1 atom stereocenters. The number of hydrogen-bond acceptors (Lipinski definition) is 4. The molecule has 5 nitrogen and oxygen atoms in total. The summed E-state index contributed by atoms with van der Waals surface area (Å²) in [7, 11) is 0. The maximum absolute atomic E-state index is 12.4. The molecule has 1 N–H and O–H groups in total. The van der Waals surface area contributed by atoms with Gasteiger partial charge in [-0.05, 0) is 31.7 Å². The predicted molar refractivity (Wildman–Crippen MR) is 72.9 cm³/mol. The zero-order valence-corrected chi connectivity index (χ0v) is 11.4. The highest BCUT2D eigenvalue weighted by atomic mass is 32.1. The molecule has 0 saturated carbocycles. The van der Waals surface area contributed by atoms with Gasteiger partial charge >= 0.3 is 5.97 Å². The topological polar surface area (TPSA) is 72.2 Å². The largest absolute Gasteiger partial charge is 0.481 e. The van der Waals surface area contributed by atoms with E-state index in [1.807, 2.05) is 6.92 Å². The summed E-state index contributed by atoms with van der Waals surface area (Å²) in [5, 5.41) is 9.88. The van der Waals surface area contributed by atoms with Crippen LogP contribution in [0.2, 0.25) is 0 Å². The monoisotopic (exact) mass is 278 g/mol. The van der Waals surface area contributed by atoms with Gasteiger partial charge in [-0.1, -0.05) is 0 Å². The van der Waals surface area contributed by atoms with Crippen molar-refractivity contribution >= 4 is 27.5 Å². The number of carbonyl (C=O) groups is 1. The molecule has 0 bridgehead atoms. The molecule has 0 spiro atoms. The number of nitrogens with zero attached hydrogens (tertiary/aromatic N) is 2. The van der Waals surface area contributed by atoms with Gasteiger partial charge in [0.1, 0.15) is 4.83 Å². The van der Waals surface area contributed by atoms with Gasteiger partial charge in [0.2, 0.25) is 0 Å². The van der Waals surface area contributed by atoms with Crippen LogP contribution in [0.4, 0.5) is 0 Å². The summed E-state index contributed by atoms with van der Waals surface area (Å²) >= 11 is 1.47. The molecule has 0 amide bonds. The van der Waals surface area contributed by atoms with Crippen LogP contribution in [0, 0.1) is 0 Å². The molecule has 19 heavy (non-hydrogen) atoms. The van der Waals surface area contributed by atoms with E-state index in [2.05, 4.69) is 4.98 Å². The molecule has 0 fully saturated rings. The standard InChI is InChI=1S/C13H14N2O3S/c1-2-15-6-14-11-10(12(15)16)9-7(13(17)18)4-3-5-8(9)19-11/h6-7H,2-5H2,1H3,(H,17,18). The third kappa shape index (κ3) is 1.78.